The molecule has 2 aromatic carbocycles. The summed E-state index contributed by atoms with van der Waals surface area (Å²) in [6.07, 6.45) is 3.04. The van der Waals surface area contributed by atoms with Crippen molar-refractivity contribution in [2.24, 2.45) is 12.1 Å². The highest BCUT2D eigenvalue weighted by atomic mass is 35.5. The van der Waals surface area contributed by atoms with E-state index in [1.54, 1.807) is 6.21 Å². The van der Waals surface area contributed by atoms with Crippen LogP contribution >= 0.6 is 11.6 Å². The van der Waals surface area contributed by atoms with Crippen LogP contribution in [0.4, 0.5) is 5.69 Å². The molecular weight excluding hydrogens is 416 g/mol. The quantitative estimate of drug-likeness (QED) is 0.413. The molecule has 0 atom stereocenters. The fraction of sp³-hybridized carbons (Fsp3) is 0.261. The molecule has 1 N–H and O–H groups in total. The molecular formula is C23H25ClN4O3. The van der Waals surface area contributed by atoms with Gasteiger partial charge in [-0.05, 0) is 55.7 Å². The fourth-order valence-corrected chi connectivity index (χ4v) is 3.08. The molecule has 0 saturated carbocycles. The van der Waals surface area contributed by atoms with E-state index in [4.69, 9.17) is 21.1 Å². The summed E-state index contributed by atoms with van der Waals surface area (Å²) in [5.41, 5.74) is 6.99. The van der Waals surface area contributed by atoms with Crippen molar-refractivity contribution < 1.29 is 9.47 Å². The lowest BCUT2D eigenvalue weighted by atomic mass is 10.1. The Morgan fingerprint density at radius 1 is 1.16 bits per heavy atom. The summed E-state index contributed by atoms with van der Waals surface area (Å²) in [7, 11) is 1.53. The van der Waals surface area contributed by atoms with Crippen molar-refractivity contribution in [3.8, 4) is 11.5 Å². The molecule has 162 valence electrons. The molecule has 1 heterocycles. The molecule has 0 unspecified atom stereocenters. The average Bonchev–Trinajstić information content (AvgIpc) is 2.75. The summed E-state index contributed by atoms with van der Waals surface area (Å²) in [5, 5.41) is 8.09. The van der Waals surface area contributed by atoms with Gasteiger partial charge in [0.2, 0.25) is 0 Å². The third kappa shape index (κ3) is 5.64. The largest absolute Gasteiger partial charge is 0.490 e. The maximum atomic E-state index is 11.8. The molecule has 3 rings (SSSR count). The Labute approximate surface area is 186 Å². The minimum absolute atomic E-state index is 0.0276. The summed E-state index contributed by atoms with van der Waals surface area (Å²) in [6.45, 7) is 7.01. The predicted octanol–water partition coefficient (Wildman–Crippen LogP) is 4.47. The maximum Gasteiger partial charge on any atom is 0.287 e. The molecule has 0 bridgehead atoms. The van der Waals surface area contributed by atoms with Gasteiger partial charge in [-0.15, -0.1) is 0 Å². The van der Waals surface area contributed by atoms with Crippen LogP contribution in [0, 0.1) is 13.8 Å². The zero-order valence-corrected chi connectivity index (χ0v) is 18.7. The van der Waals surface area contributed by atoms with Crippen LogP contribution in [-0.4, -0.2) is 22.6 Å². The van der Waals surface area contributed by atoms with Gasteiger partial charge in [-0.25, -0.2) is 4.68 Å². The highest BCUT2D eigenvalue weighted by Crippen LogP contribution is 2.29. The Morgan fingerprint density at radius 2 is 1.97 bits per heavy atom. The second-order valence-corrected chi connectivity index (χ2v) is 7.41. The molecule has 0 saturated heterocycles. The fourth-order valence-electron chi connectivity index (χ4n) is 2.87. The third-order valence-corrected chi connectivity index (χ3v) is 5.00. The molecule has 8 heteroatoms. The Bertz CT molecular complexity index is 1160. The number of rotatable bonds is 8. The molecule has 0 fully saturated rings. The maximum absolute atomic E-state index is 11.8. The van der Waals surface area contributed by atoms with Crippen molar-refractivity contribution in [2.75, 3.05) is 12.0 Å². The lowest BCUT2D eigenvalue weighted by molar-refractivity contribution is 0.269. The van der Waals surface area contributed by atoms with E-state index in [1.165, 1.54) is 24.4 Å². The molecule has 1 aromatic heterocycles. The monoisotopic (exact) mass is 440 g/mol. The minimum atomic E-state index is -0.397. The second-order valence-electron chi connectivity index (χ2n) is 7.03. The number of nitrogens with zero attached hydrogens (tertiary/aromatic N) is 3. The van der Waals surface area contributed by atoms with E-state index in [-0.39, 0.29) is 5.02 Å². The van der Waals surface area contributed by atoms with Gasteiger partial charge < -0.3 is 9.47 Å². The summed E-state index contributed by atoms with van der Waals surface area (Å²) in [4.78, 5) is 11.8. The highest BCUT2D eigenvalue weighted by molar-refractivity contribution is 6.32. The molecule has 0 radical (unpaired) electrons. The van der Waals surface area contributed by atoms with E-state index in [0.29, 0.717) is 30.4 Å². The van der Waals surface area contributed by atoms with Crippen molar-refractivity contribution in [3.05, 3.63) is 80.2 Å². The molecule has 7 nitrogen and oxygen atoms in total. The molecule has 3 aromatic rings. The lowest BCUT2D eigenvalue weighted by Gasteiger charge is -2.14. The van der Waals surface area contributed by atoms with E-state index >= 15 is 0 Å². The average molecular weight is 441 g/mol. The molecule has 0 aliphatic carbocycles. The first-order valence-corrected chi connectivity index (χ1v) is 10.2. The summed E-state index contributed by atoms with van der Waals surface area (Å²) < 4.78 is 12.9. The Balaban J connectivity index is 1.73. The van der Waals surface area contributed by atoms with Crippen molar-refractivity contribution >= 4 is 23.5 Å². The van der Waals surface area contributed by atoms with Crippen LogP contribution in [0.3, 0.4) is 0 Å². The van der Waals surface area contributed by atoms with Gasteiger partial charge in [-0.2, -0.15) is 10.2 Å². The number of halogens is 1. The smallest absolute Gasteiger partial charge is 0.287 e. The van der Waals surface area contributed by atoms with Crippen LogP contribution in [0.2, 0.25) is 5.02 Å². The van der Waals surface area contributed by atoms with E-state index in [0.717, 1.165) is 15.8 Å². The number of nitrogens with one attached hydrogen (secondary N) is 1. The first-order chi connectivity index (χ1) is 14.9. The highest BCUT2D eigenvalue weighted by Gasteiger charge is 2.09. The number of ether oxygens (including phenoxy) is 2. The van der Waals surface area contributed by atoms with Gasteiger partial charge in [0.05, 0.1) is 19.0 Å². The molecule has 0 aliphatic rings. The van der Waals surface area contributed by atoms with Crippen molar-refractivity contribution in [3.63, 3.8) is 0 Å². The van der Waals surface area contributed by atoms with Gasteiger partial charge in [-0.1, -0.05) is 35.4 Å². The first kappa shape index (κ1) is 22.4. The number of hydrogen-bond acceptors (Lipinski definition) is 6. The zero-order valence-electron chi connectivity index (χ0n) is 18.0. The number of aryl methyl sites for hydroxylation is 3. The second kappa shape index (κ2) is 10.1. The summed E-state index contributed by atoms with van der Waals surface area (Å²) in [6, 6.07) is 11.9. The van der Waals surface area contributed by atoms with Gasteiger partial charge in [0, 0.05) is 7.05 Å². The zero-order chi connectivity index (χ0) is 22.4. The molecule has 0 amide bonds. The minimum Gasteiger partial charge on any atom is -0.490 e. The number of hydrogen-bond donors (Lipinski definition) is 1. The van der Waals surface area contributed by atoms with Crippen LogP contribution in [0.15, 0.2) is 52.5 Å². The van der Waals surface area contributed by atoms with Gasteiger partial charge >= 0.3 is 0 Å². The van der Waals surface area contributed by atoms with Crippen molar-refractivity contribution in [1.82, 2.24) is 9.78 Å². The molecule has 0 spiro atoms. The standard InChI is InChI=1S/C23H25ClN4O3/c1-5-30-21-11-17(12-25-27-19-13-26-28(4)23(29)22(19)24)8-9-20(21)31-14-18-10-15(2)6-7-16(18)3/h6-13,27H,5,14H2,1-4H3/b25-12-. The van der Waals surface area contributed by atoms with Crippen LogP contribution in [0.25, 0.3) is 0 Å². The van der Waals surface area contributed by atoms with Gasteiger partial charge in [-0.3, -0.25) is 10.2 Å². The predicted molar refractivity (Wildman–Crippen MR) is 124 cm³/mol. The topological polar surface area (TPSA) is 77.7 Å². The van der Waals surface area contributed by atoms with E-state index < -0.39 is 5.56 Å². The number of aromatic nitrogens is 2. The van der Waals surface area contributed by atoms with Crippen LogP contribution < -0.4 is 20.5 Å². The van der Waals surface area contributed by atoms with Crippen LogP contribution in [-0.2, 0) is 13.7 Å². The van der Waals surface area contributed by atoms with Gasteiger partial charge in [0.1, 0.15) is 17.3 Å². The number of anilines is 1. The van der Waals surface area contributed by atoms with Crippen LogP contribution in [0.1, 0.15) is 29.2 Å². The summed E-state index contributed by atoms with van der Waals surface area (Å²) >= 11 is 6.03. The number of hydrazone groups is 1. The third-order valence-electron chi connectivity index (χ3n) is 4.63. The van der Waals surface area contributed by atoms with Gasteiger partial charge in [0.25, 0.3) is 5.56 Å². The molecule has 0 aliphatic heterocycles. The van der Waals surface area contributed by atoms with E-state index in [9.17, 15) is 4.79 Å². The summed E-state index contributed by atoms with van der Waals surface area (Å²) in [5.74, 6) is 1.29. The molecule has 31 heavy (non-hydrogen) atoms. The first-order valence-electron chi connectivity index (χ1n) is 9.85. The van der Waals surface area contributed by atoms with Crippen LogP contribution in [0.5, 0.6) is 11.5 Å². The Hall–Kier alpha value is -3.32. The lowest BCUT2D eigenvalue weighted by Crippen LogP contribution is -2.20. The SMILES string of the molecule is CCOc1cc(/C=N\Nc2cnn(C)c(=O)c2Cl)ccc1OCc1cc(C)ccc1C. The Kier molecular flexibility index (Phi) is 7.31. The van der Waals surface area contributed by atoms with Crippen molar-refractivity contribution in [1.29, 1.82) is 0 Å². The Morgan fingerprint density at radius 3 is 2.74 bits per heavy atom. The van der Waals surface area contributed by atoms with E-state index in [1.807, 2.05) is 25.1 Å². The van der Waals surface area contributed by atoms with E-state index in [2.05, 4.69) is 47.7 Å². The number of benzene rings is 2. The van der Waals surface area contributed by atoms with Gasteiger partial charge in [0.15, 0.2) is 11.5 Å². The van der Waals surface area contributed by atoms with Crippen molar-refractivity contribution in [2.45, 2.75) is 27.4 Å². The normalized spacial score (nSPS) is 11.0.